The van der Waals surface area contributed by atoms with Crippen molar-refractivity contribution in [3.8, 4) is 0 Å². The van der Waals surface area contributed by atoms with Crippen molar-refractivity contribution in [3.63, 3.8) is 0 Å². The Bertz CT molecular complexity index is 701. The first-order chi connectivity index (χ1) is 8.99. The van der Waals surface area contributed by atoms with E-state index in [1.54, 1.807) is 6.07 Å². The Kier molecular flexibility index (Phi) is 3.68. The maximum absolute atomic E-state index is 11.4. The molecule has 1 heterocycles. The molecule has 0 amide bonds. The average Bonchev–Trinajstić information content (AvgIpc) is 2.33. The van der Waals surface area contributed by atoms with Crippen molar-refractivity contribution >= 4 is 40.4 Å². The van der Waals surface area contributed by atoms with E-state index < -0.39 is 16.2 Å². The highest BCUT2D eigenvalue weighted by molar-refractivity contribution is 6.35. The molecule has 0 bridgehead atoms. The Balaban J connectivity index is 2.50. The minimum atomic E-state index is -0.861. The van der Waals surface area contributed by atoms with Gasteiger partial charge in [-0.05, 0) is 18.2 Å². The first kappa shape index (κ1) is 13.3. The molecule has 0 atom stereocenters. The fraction of sp³-hybridized carbons (Fsp3) is 0. The number of nitrogens with zero attached hydrogens (tertiary/aromatic N) is 2. The van der Waals surface area contributed by atoms with Crippen LogP contribution in [0, 0.1) is 10.1 Å². The van der Waals surface area contributed by atoms with E-state index in [0.717, 1.165) is 6.33 Å². The lowest BCUT2D eigenvalue weighted by molar-refractivity contribution is -0.385. The largest absolute Gasteiger partial charge is 0.376 e. The van der Waals surface area contributed by atoms with Gasteiger partial charge in [0.15, 0.2) is 0 Å². The highest BCUT2D eigenvalue weighted by atomic mass is 35.5. The van der Waals surface area contributed by atoms with Crippen LogP contribution in [0.25, 0.3) is 0 Å². The molecule has 0 aliphatic rings. The molecule has 0 aliphatic carbocycles. The van der Waals surface area contributed by atoms with Gasteiger partial charge in [-0.25, -0.2) is 4.98 Å². The van der Waals surface area contributed by atoms with Gasteiger partial charge in [0.25, 0.3) is 0 Å². The highest BCUT2D eigenvalue weighted by Crippen LogP contribution is 2.29. The van der Waals surface area contributed by atoms with E-state index in [4.69, 9.17) is 23.2 Å². The first-order valence-electron chi connectivity index (χ1n) is 4.93. The van der Waals surface area contributed by atoms with Gasteiger partial charge in [-0.1, -0.05) is 23.2 Å². The second-order valence-corrected chi connectivity index (χ2v) is 4.28. The normalized spacial score (nSPS) is 10.2. The minimum absolute atomic E-state index is 0.210. The SMILES string of the molecule is O=c1[nH]cnc(Nc2cc(Cl)ccc2Cl)c1[N+](=O)[O-]. The van der Waals surface area contributed by atoms with Gasteiger partial charge in [-0.2, -0.15) is 0 Å². The van der Waals surface area contributed by atoms with Crippen molar-refractivity contribution in [2.24, 2.45) is 0 Å². The van der Waals surface area contributed by atoms with Crippen LogP contribution >= 0.6 is 23.2 Å². The Morgan fingerprint density at radius 3 is 2.79 bits per heavy atom. The molecule has 7 nitrogen and oxygen atoms in total. The van der Waals surface area contributed by atoms with Gasteiger partial charge < -0.3 is 10.3 Å². The van der Waals surface area contributed by atoms with Crippen LogP contribution in [0.1, 0.15) is 0 Å². The van der Waals surface area contributed by atoms with Gasteiger partial charge in [-0.15, -0.1) is 0 Å². The second-order valence-electron chi connectivity index (χ2n) is 3.44. The maximum atomic E-state index is 11.4. The predicted octanol–water partition coefficient (Wildman–Crippen LogP) is 2.73. The molecule has 98 valence electrons. The molecule has 2 N–H and O–H groups in total. The van der Waals surface area contributed by atoms with Crippen LogP contribution in [0.3, 0.4) is 0 Å². The standard InChI is InChI=1S/C10H6Cl2N4O3/c11-5-1-2-6(12)7(3-5)15-9-8(16(18)19)10(17)14-4-13-9/h1-4H,(H2,13,14,15,17). The molecule has 2 aromatic rings. The van der Waals surface area contributed by atoms with Crippen molar-refractivity contribution in [2.75, 3.05) is 5.32 Å². The van der Waals surface area contributed by atoms with Crippen molar-refractivity contribution in [2.45, 2.75) is 0 Å². The number of nitro groups is 1. The highest BCUT2D eigenvalue weighted by Gasteiger charge is 2.21. The number of halogens is 2. The van der Waals surface area contributed by atoms with Crippen molar-refractivity contribution in [1.29, 1.82) is 0 Å². The number of anilines is 2. The summed E-state index contributed by atoms with van der Waals surface area (Å²) in [6.07, 6.45) is 1.05. The summed E-state index contributed by atoms with van der Waals surface area (Å²) >= 11 is 11.7. The van der Waals surface area contributed by atoms with E-state index in [1.807, 2.05) is 0 Å². The third-order valence-electron chi connectivity index (χ3n) is 2.19. The molecule has 2 rings (SSSR count). The lowest BCUT2D eigenvalue weighted by Crippen LogP contribution is -2.14. The molecular weight excluding hydrogens is 295 g/mol. The van der Waals surface area contributed by atoms with Crippen molar-refractivity contribution in [3.05, 3.63) is 55.0 Å². The minimum Gasteiger partial charge on any atom is -0.333 e. The molecule has 0 saturated heterocycles. The number of hydrogen-bond donors (Lipinski definition) is 2. The molecule has 0 saturated carbocycles. The predicted molar refractivity (Wildman–Crippen MR) is 71.3 cm³/mol. The van der Waals surface area contributed by atoms with Crippen LogP contribution in [-0.4, -0.2) is 14.9 Å². The van der Waals surface area contributed by atoms with Crippen molar-refractivity contribution < 1.29 is 4.92 Å². The topological polar surface area (TPSA) is 101 Å². The monoisotopic (exact) mass is 300 g/mol. The molecule has 0 unspecified atom stereocenters. The van der Waals surface area contributed by atoms with Gasteiger partial charge in [0.2, 0.25) is 5.82 Å². The Hall–Kier alpha value is -2.12. The number of aromatic nitrogens is 2. The summed E-state index contributed by atoms with van der Waals surface area (Å²) in [6, 6.07) is 4.55. The number of hydrogen-bond acceptors (Lipinski definition) is 5. The van der Waals surface area contributed by atoms with E-state index in [9.17, 15) is 14.9 Å². The smallest absolute Gasteiger partial charge is 0.333 e. The number of rotatable bonds is 3. The number of benzene rings is 1. The first-order valence-corrected chi connectivity index (χ1v) is 5.69. The summed E-state index contributed by atoms with van der Waals surface area (Å²) in [5, 5.41) is 14.1. The zero-order valence-electron chi connectivity index (χ0n) is 9.18. The van der Waals surface area contributed by atoms with Crippen LogP contribution in [-0.2, 0) is 0 Å². The number of nitrogens with one attached hydrogen (secondary N) is 2. The number of H-pyrrole nitrogens is 1. The second kappa shape index (κ2) is 5.25. The molecule has 9 heteroatoms. The van der Waals surface area contributed by atoms with Gasteiger partial charge in [0.05, 0.1) is 22.0 Å². The third kappa shape index (κ3) is 2.83. The summed E-state index contributed by atoms with van der Waals surface area (Å²) < 4.78 is 0. The van der Waals surface area contributed by atoms with Crippen molar-refractivity contribution in [1.82, 2.24) is 9.97 Å². The van der Waals surface area contributed by atoms with E-state index in [0.29, 0.717) is 15.7 Å². The van der Waals surface area contributed by atoms with Crippen LogP contribution in [0.5, 0.6) is 0 Å². The average molecular weight is 301 g/mol. The molecule has 0 radical (unpaired) electrons. The maximum Gasteiger partial charge on any atom is 0.376 e. The summed E-state index contributed by atoms with van der Waals surface area (Å²) in [5.74, 6) is -0.210. The van der Waals surface area contributed by atoms with Gasteiger partial charge in [-0.3, -0.25) is 14.9 Å². The Morgan fingerprint density at radius 1 is 1.37 bits per heavy atom. The molecule has 0 fully saturated rings. The quantitative estimate of drug-likeness (QED) is 0.670. The van der Waals surface area contributed by atoms with Gasteiger partial charge >= 0.3 is 11.2 Å². The lowest BCUT2D eigenvalue weighted by atomic mass is 10.3. The molecule has 1 aromatic carbocycles. The zero-order chi connectivity index (χ0) is 14.0. The molecule has 0 aliphatic heterocycles. The zero-order valence-corrected chi connectivity index (χ0v) is 10.7. The summed E-state index contributed by atoms with van der Waals surface area (Å²) in [7, 11) is 0. The molecule has 19 heavy (non-hydrogen) atoms. The van der Waals surface area contributed by atoms with E-state index in [2.05, 4.69) is 15.3 Å². The van der Waals surface area contributed by atoms with E-state index in [1.165, 1.54) is 12.1 Å². The number of aromatic amines is 1. The van der Waals surface area contributed by atoms with E-state index in [-0.39, 0.29) is 5.82 Å². The van der Waals surface area contributed by atoms with E-state index >= 15 is 0 Å². The fourth-order valence-electron chi connectivity index (χ4n) is 1.37. The summed E-state index contributed by atoms with van der Waals surface area (Å²) in [4.78, 5) is 27.2. The van der Waals surface area contributed by atoms with Crippen LogP contribution in [0.2, 0.25) is 10.0 Å². The van der Waals surface area contributed by atoms with Gasteiger partial charge in [0.1, 0.15) is 0 Å². The summed E-state index contributed by atoms with van der Waals surface area (Å²) in [6.45, 7) is 0. The fourth-order valence-corrected chi connectivity index (χ4v) is 1.71. The Morgan fingerprint density at radius 2 is 2.11 bits per heavy atom. The van der Waals surface area contributed by atoms with Gasteiger partial charge in [0, 0.05) is 5.02 Å². The third-order valence-corrected chi connectivity index (χ3v) is 2.76. The molecule has 1 aromatic heterocycles. The Labute approximate surface area is 116 Å². The van der Waals surface area contributed by atoms with Crippen LogP contribution in [0.4, 0.5) is 17.2 Å². The van der Waals surface area contributed by atoms with Crippen LogP contribution in [0.15, 0.2) is 29.3 Å². The van der Waals surface area contributed by atoms with Crippen LogP contribution < -0.4 is 10.9 Å². The molecular formula is C10H6Cl2N4O3. The molecule has 0 spiro atoms. The summed E-state index contributed by atoms with van der Waals surface area (Å²) in [5.41, 5.74) is -1.24. The lowest BCUT2D eigenvalue weighted by Gasteiger charge is -2.07.